The SMILES string of the molecule is OC[C@H]1O[C@H](CC[C@H]2O[C@@H](O)[C@H](O)[C@@H](O)[C@H]2O)[C@H](O)[C@@H]1O. The molecule has 0 unspecified atom stereocenters. The zero-order valence-electron chi connectivity index (χ0n) is 11.3. The second-order valence-corrected chi connectivity index (χ2v) is 5.49. The molecular weight excluding hydrogens is 288 g/mol. The van der Waals surface area contributed by atoms with Crippen molar-refractivity contribution in [1.29, 1.82) is 0 Å². The average Bonchev–Trinajstić information content (AvgIpc) is 2.75. The summed E-state index contributed by atoms with van der Waals surface area (Å²) in [6.07, 6.45) is -10.8. The van der Waals surface area contributed by atoms with Crippen molar-refractivity contribution in [3.63, 3.8) is 0 Å². The molecule has 0 aromatic rings. The van der Waals surface area contributed by atoms with Gasteiger partial charge >= 0.3 is 0 Å². The molecule has 9 nitrogen and oxygen atoms in total. The minimum absolute atomic E-state index is 0.120. The van der Waals surface area contributed by atoms with Crippen molar-refractivity contribution in [2.45, 2.75) is 68.0 Å². The zero-order valence-corrected chi connectivity index (χ0v) is 11.3. The molecule has 2 aliphatic heterocycles. The summed E-state index contributed by atoms with van der Waals surface area (Å²) in [6.45, 7) is -0.430. The van der Waals surface area contributed by atoms with Crippen molar-refractivity contribution in [3.05, 3.63) is 0 Å². The second-order valence-electron chi connectivity index (χ2n) is 5.49. The van der Waals surface area contributed by atoms with E-state index in [1.54, 1.807) is 0 Å². The number of rotatable bonds is 4. The van der Waals surface area contributed by atoms with Crippen LogP contribution in [-0.2, 0) is 9.47 Å². The number of aliphatic hydroxyl groups is 7. The van der Waals surface area contributed by atoms with E-state index < -0.39 is 61.7 Å². The van der Waals surface area contributed by atoms with E-state index >= 15 is 0 Å². The molecule has 124 valence electrons. The van der Waals surface area contributed by atoms with Crippen LogP contribution >= 0.6 is 0 Å². The minimum Gasteiger partial charge on any atom is -0.394 e. The van der Waals surface area contributed by atoms with Gasteiger partial charge in [-0.15, -0.1) is 0 Å². The molecule has 2 aliphatic rings. The lowest BCUT2D eigenvalue weighted by Gasteiger charge is -2.38. The molecule has 9 atom stereocenters. The number of hydrogen-bond acceptors (Lipinski definition) is 9. The molecule has 0 saturated carbocycles. The lowest BCUT2D eigenvalue weighted by Crippen LogP contribution is -2.57. The Morgan fingerprint density at radius 1 is 0.571 bits per heavy atom. The smallest absolute Gasteiger partial charge is 0.183 e. The Morgan fingerprint density at radius 3 is 1.57 bits per heavy atom. The van der Waals surface area contributed by atoms with Gasteiger partial charge in [0.1, 0.15) is 36.6 Å². The minimum atomic E-state index is -1.61. The summed E-state index contributed by atoms with van der Waals surface area (Å²) in [5, 5.41) is 66.4. The van der Waals surface area contributed by atoms with Crippen LogP contribution in [0.25, 0.3) is 0 Å². The van der Waals surface area contributed by atoms with Crippen LogP contribution in [0.2, 0.25) is 0 Å². The first-order valence-corrected chi connectivity index (χ1v) is 6.87. The quantitative estimate of drug-likeness (QED) is 0.275. The summed E-state index contributed by atoms with van der Waals surface area (Å²) in [5.41, 5.74) is 0. The highest BCUT2D eigenvalue weighted by molar-refractivity contribution is 4.93. The van der Waals surface area contributed by atoms with Crippen LogP contribution in [0.4, 0.5) is 0 Å². The molecule has 0 aromatic carbocycles. The normalized spacial score (nSPS) is 51.3. The van der Waals surface area contributed by atoms with Crippen LogP contribution in [0, 0.1) is 0 Å². The first-order valence-electron chi connectivity index (χ1n) is 6.87. The summed E-state index contributed by atoms with van der Waals surface area (Å²) in [7, 11) is 0. The highest BCUT2D eigenvalue weighted by atomic mass is 16.6. The average molecular weight is 310 g/mol. The van der Waals surface area contributed by atoms with Crippen molar-refractivity contribution < 1.29 is 45.2 Å². The molecule has 0 bridgehead atoms. The Morgan fingerprint density at radius 2 is 1.05 bits per heavy atom. The van der Waals surface area contributed by atoms with E-state index in [2.05, 4.69) is 0 Å². The van der Waals surface area contributed by atoms with Gasteiger partial charge in [-0.05, 0) is 12.8 Å². The lowest BCUT2D eigenvalue weighted by atomic mass is 9.94. The monoisotopic (exact) mass is 310 g/mol. The van der Waals surface area contributed by atoms with Crippen LogP contribution in [0.5, 0.6) is 0 Å². The molecule has 0 radical (unpaired) electrons. The molecule has 2 heterocycles. The predicted molar refractivity (Wildman–Crippen MR) is 65.9 cm³/mol. The largest absolute Gasteiger partial charge is 0.394 e. The maximum absolute atomic E-state index is 9.78. The van der Waals surface area contributed by atoms with E-state index in [-0.39, 0.29) is 12.8 Å². The van der Waals surface area contributed by atoms with E-state index in [9.17, 15) is 30.6 Å². The van der Waals surface area contributed by atoms with Crippen molar-refractivity contribution in [3.8, 4) is 0 Å². The number of ether oxygens (including phenoxy) is 2. The van der Waals surface area contributed by atoms with Gasteiger partial charge in [0.05, 0.1) is 18.8 Å². The Balaban J connectivity index is 1.88. The number of hydrogen-bond donors (Lipinski definition) is 7. The number of aliphatic hydroxyl groups excluding tert-OH is 7. The summed E-state index contributed by atoms with van der Waals surface area (Å²) < 4.78 is 10.3. The van der Waals surface area contributed by atoms with Gasteiger partial charge in [0.2, 0.25) is 0 Å². The van der Waals surface area contributed by atoms with Crippen molar-refractivity contribution in [2.24, 2.45) is 0 Å². The van der Waals surface area contributed by atoms with E-state index in [1.807, 2.05) is 0 Å². The Kier molecular flexibility index (Phi) is 5.52. The van der Waals surface area contributed by atoms with Crippen molar-refractivity contribution >= 4 is 0 Å². The zero-order chi connectivity index (χ0) is 15.7. The van der Waals surface area contributed by atoms with Gasteiger partial charge in [0.15, 0.2) is 6.29 Å². The summed E-state index contributed by atoms with van der Waals surface area (Å²) in [5.74, 6) is 0. The molecular formula is C12H22O9. The van der Waals surface area contributed by atoms with Gasteiger partial charge in [-0.25, -0.2) is 0 Å². The highest BCUT2D eigenvalue weighted by Crippen LogP contribution is 2.28. The van der Waals surface area contributed by atoms with Gasteiger partial charge < -0.3 is 45.2 Å². The van der Waals surface area contributed by atoms with E-state index in [0.717, 1.165) is 0 Å². The Labute approximate surface area is 121 Å². The molecule has 0 spiro atoms. The second kappa shape index (κ2) is 6.82. The Bertz CT molecular complexity index is 341. The molecule has 0 amide bonds. The third-order valence-corrected chi connectivity index (χ3v) is 4.06. The molecule has 2 rings (SSSR count). The first kappa shape index (κ1) is 17.0. The van der Waals surface area contributed by atoms with Gasteiger partial charge in [0.25, 0.3) is 0 Å². The highest BCUT2D eigenvalue weighted by Gasteiger charge is 2.45. The predicted octanol–water partition coefficient (Wildman–Crippen LogP) is -3.95. The maximum atomic E-state index is 9.78. The molecule has 2 saturated heterocycles. The summed E-state index contributed by atoms with van der Waals surface area (Å²) in [4.78, 5) is 0. The fourth-order valence-electron chi connectivity index (χ4n) is 2.71. The van der Waals surface area contributed by atoms with Gasteiger partial charge in [-0.1, -0.05) is 0 Å². The van der Waals surface area contributed by atoms with Crippen LogP contribution < -0.4 is 0 Å². The van der Waals surface area contributed by atoms with Crippen LogP contribution in [-0.4, -0.2) is 97.5 Å². The molecule has 21 heavy (non-hydrogen) atoms. The molecule has 0 aliphatic carbocycles. The fourth-order valence-corrected chi connectivity index (χ4v) is 2.71. The van der Waals surface area contributed by atoms with E-state index in [0.29, 0.717) is 0 Å². The lowest BCUT2D eigenvalue weighted by molar-refractivity contribution is -0.283. The Hall–Kier alpha value is -0.360. The molecule has 7 N–H and O–H groups in total. The summed E-state index contributed by atoms with van der Waals surface area (Å²) in [6, 6.07) is 0. The van der Waals surface area contributed by atoms with E-state index in [4.69, 9.17) is 14.6 Å². The van der Waals surface area contributed by atoms with E-state index in [1.165, 1.54) is 0 Å². The van der Waals surface area contributed by atoms with Crippen molar-refractivity contribution in [2.75, 3.05) is 6.61 Å². The first-order chi connectivity index (χ1) is 9.86. The molecule has 2 fully saturated rings. The molecule has 9 heteroatoms. The third kappa shape index (κ3) is 3.36. The maximum Gasteiger partial charge on any atom is 0.183 e. The van der Waals surface area contributed by atoms with Gasteiger partial charge in [-0.3, -0.25) is 0 Å². The van der Waals surface area contributed by atoms with Gasteiger partial charge in [0, 0.05) is 0 Å². The summed E-state index contributed by atoms with van der Waals surface area (Å²) >= 11 is 0. The van der Waals surface area contributed by atoms with Crippen LogP contribution in [0.1, 0.15) is 12.8 Å². The molecule has 0 aromatic heterocycles. The fraction of sp³-hybridized carbons (Fsp3) is 1.00. The van der Waals surface area contributed by atoms with Gasteiger partial charge in [-0.2, -0.15) is 0 Å². The topological polar surface area (TPSA) is 160 Å². The van der Waals surface area contributed by atoms with Crippen molar-refractivity contribution in [1.82, 2.24) is 0 Å². The van der Waals surface area contributed by atoms with Crippen LogP contribution in [0.15, 0.2) is 0 Å². The standard InChI is InChI=1S/C12H22O9/c13-3-6-9(16)7(14)4(20-6)1-2-5-8(15)10(17)11(18)12(19)21-5/h4-19H,1-3H2/t4-,5-,6-,7+,8+,9-,10+,11-,12-/m1/s1. The third-order valence-electron chi connectivity index (χ3n) is 4.06. The van der Waals surface area contributed by atoms with Crippen LogP contribution in [0.3, 0.4) is 0 Å².